The van der Waals surface area contributed by atoms with Crippen molar-refractivity contribution >= 4 is 22.2 Å². The third kappa shape index (κ3) is 2.60. The van der Waals surface area contributed by atoms with E-state index in [0.717, 1.165) is 18.4 Å². The Morgan fingerprint density at radius 3 is 2.80 bits per heavy atom. The van der Waals surface area contributed by atoms with E-state index in [2.05, 4.69) is 42.2 Å². The lowest BCUT2D eigenvalue weighted by Gasteiger charge is -2.11. The van der Waals surface area contributed by atoms with Gasteiger partial charge in [0.15, 0.2) is 0 Å². The van der Waals surface area contributed by atoms with Gasteiger partial charge in [0.05, 0.1) is 5.52 Å². The zero-order valence-electron chi connectivity index (χ0n) is 11.5. The second kappa shape index (κ2) is 5.73. The van der Waals surface area contributed by atoms with Crippen LogP contribution in [0.1, 0.15) is 28.3 Å². The Bertz CT molecular complexity index is 712. The molecule has 0 fully saturated rings. The molecule has 2 N–H and O–H groups in total. The number of nitrogens with zero attached hydrogens (tertiary/aromatic N) is 1. The van der Waals surface area contributed by atoms with E-state index in [9.17, 15) is 0 Å². The maximum atomic E-state index is 6.38. The van der Waals surface area contributed by atoms with Crippen LogP contribution in [-0.4, -0.2) is 4.98 Å². The van der Waals surface area contributed by atoms with Crippen molar-refractivity contribution < 1.29 is 0 Å². The summed E-state index contributed by atoms with van der Waals surface area (Å²) in [6, 6.07) is 14.7. The van der Waals surface area contributed by atoms with Crippen molar-refractivity contribution in [1.82, 2.24) is 4.98 Å². The van der Waals surface area contributed by atoms with Gasteiger partial charge in [0.2, 0.25) is 0 Å². The third-order valence-corrected chi connectivity index (χ3v) is 4.94. The Morgan fingerprint density at radius 2 is 2.00 bits per heavy atom. The smallest absolute Gasteiger partial charge is 0.0704 e. The van der Waals surface area contributed by atoms with E-state index < -0.39 is 0 Å². The monoisotopic (exact) mass is 282 g/mol. The molecular formula is C17H18N2S. The summed E-state index contributed by atoms with van der Waals surface area (Å²) in [5.41, 5.74) is 8.69. The molecule has 0 saturated carbocycles. The topological polar surface area (TPSA) is 38.9 Å². The maximum Gasteiger partial charge on any atom is 0.0704 e. The number of hydrogen-bond acceptors (Lipinski definition) is 3. The molecular weight excluding hydrogens is 264 g/mol. The fourth-order valence-electron chi connectivity index (χ4n) is 2.45. The summed E-state index contributed by atoms with van der Waals surface area (Å²) in [6.07, 6.45) is 3.80. The third-order valence-electron chi connectivity index (χ3n) is 3.58. The average molecular weight is 282 g/mol. The fourth-order valence-corrected chi connectivity index (χ4v) is 3.41. The Labute approximate surface area is 123 Å². The van der Waals surface area contributed by atoms with Gasteiger partial charge in [0.25, 0.3) is 0 Å². The molecule has 0 aliphatic heterocycles. The van der Waals surface area contributed by atoms with Gasteiger partial charge < -0.3 is 5.73 Å². The molecule has 20 heavy (non-hydrogen) atoms. The largest absolute Gasteiger partial charge is 0.323 e. The van der Waals surface area contributed by atoms with Crippen LogP contribution in [0.2, 0.25) is 0 Å². The molecule has 2 aromatic heterocycles. The quantitative estimate of drug-likeness (QED) is 0.782. The van der Waals surface area contributed by atoms with Crippen LogP contribution in [0.5, 0.6) is 0 Å². The van der Waals surface area contributed by atoms with Gasteiger partial charge in [-0.3, -0.25) is 4.98 Å². The van der Waals surface area contributed by atoms with Crippen LogP contribution in [0.15, 0.2) is 48.7 Å². The van der Waals surface area contributed by atoms with Crippen LogP contribution in [0.3, 0.4) is 0 Å². The minimum Gasteiger partial charge on any atom is -0.323 e. The van der Waals surface area contributed by atoms with Crippen LogP contribution >= 0.6 is 11.3 Å². The lowest BCUT2D eigenvalue weighted by Crippen LogP contribution is -2.12. The van der Waals surface area contributed by atoms with Crippen LogP contribution in [0.4, 0.5) is 0 Å². The number of para-hydroxylation sites is 1. The van der Waals surface area contributed by atoms with Crippen molar-refractivity contribution in [2.75, 3.05) is 0 Å². The molecule has 3 rings (SSSR count). The van der Waals surface area contributed by atoms with Gasteiger partial charge in [-0.2, -0.15) is 0 Å². The van der Waals surface area contributed by atoms with Gasteiger partial charge in [-0.25, -0.2) is 0 Å². The molecule has 0 spiro atoms. The molecule has 1 aromatic carbocycles. The van der Waals surface area contributed by atoms with Gasteiger partial charge in [-0.1, -0.05) is 25.1 Å². The normalized spacial score (nSPS) is 12.7. The standard InChI is InChI=1S/C17H18N2S/c1-2-13-7-8-17(20-13)15(18)11-12-9-10-19-16-6-4-3-5-14(12)16/h3-10,15H,2,11,18H2,1H3. The van der Waals surface area contributed by atoms with Crippen molar-refractivity contribution in [1.29, 1.82) is 0 Å². The van der Waals surface area contributed by atoms with Crippen LogP contribution < -0.4 is 5.73 Å². The number of pyridine rings is 1. The SMILES string of the molecule is CCc1ccc(C(N)Cc2ccnc3ccccc23)s1. The highest BCUT2D eigenvalue weighted by Gasteiger charge is 2.11. The molecule has 0 saturated heterocycles. The highest BCUT2D eigenvalue weighted by atomic mass is 32.1. The molecule has 102 valence electrons. The van der Waals surface area contributed by atoms with Crippen molar-refractivity contribution in [2.24, 2.45) is 5.73 Å². The molecule has 0 aliphatic rings. The molecule has 0 aliphatic carbocycles. The van der Waals surface area contributed by atoms with Gasteiger partial charge in [0, 0.05) is 27.4 Å². The maximum absolute atomic E-state index is 6.38. The van der Waals surface area contributed by atoms with Crippen LogP contribution in [-0.2, 0) is 12.8 Å². The Morgan fingerprint density at radius 1 is 1.15 bits per heavy atom. The number of aryl methyl sites for hydroxylation is 1. The second-order valence-electron chi connectivity index (χ2n) is 4.96. The molecule has 2 heterocycles. The zero-order chi connectivity index (χ0) is 13.9. The molecule has 1 unspecified atom stereocenters. The highest BCUT2D eigenvalue weighted by Crippen LogP contribution is 2.27. The lowest BCUT2D eigenvalue weighted by atomic mass is 10.0. The van der Waals surface area contributed by atoms with E-state index in [0.29, 0.717) is 0 Å². The average Bonchev–Trinajstić information content (AvgIpc) is 2.97. The first-order valence-electron chi connectivity index (χ1n) is 6.94. The van der Waals surface area contributed by atoms with Gasteiger partial charge in [-0.15, -0.1) is 11.3 Å². The van der Waals surface area contributed by atoms with E-state index in [-0.39, 0.29) is 6.04 Å². The highest BCUT2D eigenvalue weighted by molar-refractivity contribution is 7.12. The van der Waals surface area contributed by atoms with Crippen LogP contribution in [0.25, 0.3) is 10.9 Å². The van der Waals surface area contributed by atoms with Crippen molar-refractivity contribution in [3.05, 3.63) is 64.0 Å². The molecule has 3 heteroatoms. The Hall–Kier alpha value is -1.71. The lowest BCUT2D eigenvalue weighted by molar-refractivity contribution is 0.740. The first-order chi connectivity index (χ1) is 9.78. The summed E-state index contributed by atoms with van der Waals surface area (Å²) in [7, 11) is 0. The first kappa shape index (κ1) is 13.3. The molecule has 0 amide bonds. The predicted molar refractivity (Wildman–Crippen MR) is 86.1 cm³/mol. The number of rotatable bonds is 4. The summed E-state index contributed by atoms with van der Waals surface area (Å²) < 4.78 is 0. The minimum absolute atomic E-state index is 0.0612. The number of hydrogen-bond donors (Lipinski definition) is 1. The van der Waals surface area contributed by atoms with Crippen molar-refractivity contribution in [3.8, 4) is 0 Å². The van der Waals surface area contributed by atoms with Gasteiger partial charge in [-0.05, 0) is 42.7 Å². The molecule has 2 nitrogen and oxygen atoms in total. The zero-order valence-corrected chi connectivity index (χ0v) is 12.4. The summed E-state index contributed by atoms with van der Waals surface area (Å²) in [5.74, 6) is 0. The molecule has 0 bridgehead atoms. The fraction of sp³-hybridized carbons (Fsp3) is 0.235. The van der Waals surface area contributed by atoms with E-state index in [1.807, 2.05) is 29.7 Å². The van der Waals surface area contributed by atoms with E-state index in [4.69, 9.17) is 5.73 Å². The molecule has 3 aromatic rings. The first-order valence-corrected chi connectivity index (χ1v) is 7.76. The second-order valence-corrected chi connectivity index (χ2v) is 6.16. The Balaban J connectivity index is 1.89. The molecule has 0 radical (unpaired) electrons. The van der Waals surface area contributed by atoms with Crippen LogP contribution in [0, 0.1) is 0 Å². The number of fused-ring (bicyclic) bond motifs is 1. The Kier molecular flexibility index (Phi) is 3.81. The predicted octanol–water partition coefficient (Wildman–Crippen LogP) is 4.10. The molecule has 1 atom stereocenters. The van der Waals surface area contributed by atoms with Gasteiger partial charge in [0.1, 0.15) is 0 Å². The summed E-state index contributed by atoms with van der Waals surface area (Å²) in [4.78, 5) is 7.07. The minimum atomic E-state index is 0.0612. The van der Waals surface area contributed by atoms with E-state index in [1.165, 1.54) is 20.7 Å². The number of aromatic nitrogens is 1. The summed E-state index contributed by atoms with van der Waals surface area (Å²) >= 11 is 1.82. The summed E-state index contributed by atoms with van der Waals surface area (Å²) in [6.45, 7) is 2.18. The van der Waals surface area contributed by atoms with Gasteiger partial charge >= 0.3 is 0 Å². The van der Waals surface area contributed by atoms with Crippen molar-refractivity contribution in [3.63, 3.8) is 0 Å². The number of nitrogens with two attached hydrogens (primary N) is 1. The van der Waals surface area contributed by atoms with E-state index >= 15 is 0 Å². The summed E-state index contributed by atoms with van der Waals surface area (Å²) in [5, 5.41) is 1.21. The number of thiophene rings is 1. The number of benzene rings is 1. The van der Waals surface area contributed by atoms with Crippen molar-refractivity contribution in [2.45, 2.75) is 25.8 Å². The van der Waals surface area contributed by atoms with E-state index in [1.54, 1.807) is 0 Å².